The molecule has 0 bridgehead atoms. The maximum Gasteiger partial charge on any atom is 0.0700 e. The molecule has 0 aliphatic carbocycles. The van der Waals surface area contributed by atoms with Gasteiger partial charge in [0, 0.05) is 19.8 Å². The zero-order valence-corrected chi connectivity index (χ0v) is 11.7. The van der Waals surface area contributed by atoms with Crippen LogP contribution in [0.4, 0.5) is 0 Å². The van der Waals surface area contributed by atoms with Crippen LogP contribution in [0.3, 0.4) is 0 Å². The van der Waals surface area contributed by atoms with Gasteiger partial charge in [0.15, 0.2) is 0 Å². The molecule has 0 aromatic heterocycles. The molecule has 2 N–H and O–H groups in total. The van der Waals surface area contributed by atoms with Gasteiger partial charge in [-0.2, -0.15) is 0 Å². The van der Waals surface area contributed by atoms with Crippen molar-refractivity contribution >= 4 is 0 Å². The summed E-state index contributed by atoms with van der Waals surface area (Å²) in [7, 11) is 1.68. The fourth-order valence-electron chi connectivity index (χ4n) is 2.01. The molecule has 0 heterocycles. The van der Waals surface area contributed by atoms with Gasteiger partial charge in [0.05, 0.1) is 13.2 Å². The van der Waals surface area contributed by atoms with Gasteiger partial charge in [0.1, 0.15) is 0 Å². The van der Waals surface area contributed by atoms with E-state index in [4.69, 9.17) is 15.2 Å². The average Bonchev–Trinajstić information content (AvgIpc) is 2.34. The van der Waals surface area contributed by atoms with Crippen molar-refractivity contribution < 1.29 is 9.47 Å². The predicted octanol–water partition coefficient (Wildman–Crippen LogP) is 2.23. The minimum atomic E-state index is 0.160. The Labute approximate surface area is 110 Å². The molecule has 1 aromatic carbocycles. The van der Waals surface area contributed by atoms with Gasteiger partial charge in [-0.1, -0.05) is 18.2 Å². The molecule has 0 amide bonds. The Kier molecular flexibility index (Phi) is 6.94. The van der Waals surface area contributed by atoms with Crippen LogP contribution in [0, 0.1) is 13.8 Å². The van der Waals surface area contributed by atoms with Gasteiger partial charge in [0.25, 0.3) is 0 Å². The van der Waals surface area contributed by atoms with Gasteiger partial charge < -0.3 is 15.2 Å². The molecular formula is C15H25NO2. The van der Waals surface area contributed by atoms with Crippen molar-refractivity contribution in [2.75, 3.05) is 26.9 Å². The lowest BCUT2D eigenvalue weighted by Gasteiger charge is -2.15. The molecule has 0 saturated heterocycles. The first-order chi connectivity index (χ1) is 8.65. The summed E-state index contributed by atoms with van der Waals surface area (Å²) in [5.74, 6) is 0. The van der Waals surface area contributed by atoms with Crippen LogP contribution in [0.15, 0.2) is 18.2 Å². The normalized spacial score (nSPS) is 12.7. The Bertz CT molecular complexity index is 332. The summed E-state index contributed by atoms with van der Waals surface area (Å²) < 4.78 is 10.4. The van der Waals surface area contributed by atoms with Crippen molar-refractivity contribution in [3.63, 3.8) is 0 Å². The molecule has 1 rings (SSSR count). The van der Waals surface area contributed by atoms with E-state index >= 15 is 0 Å². The minimum Gasteiger partial charge on any atom is -0.382 e. The first-order valence-electron chi connectivity index (χ1n) is 6.52. The molecule has 0 radical (unpaired) electrons. The molecule has 0 aliphatic heterocycles. The Balaban J connectivity index is 2.33. The van der Waals surface area contributed by atoms with Gasteiger partial charge in [-0.3, -0.25) is 0 Å². The number of ether oxygens (including phenoxy) is 2. The first-order valence-corrected chi connectivity index (χ1v) is 6.52. The van der Waals surface area contributed by atoms with E-state index in [-0.39, 0.29) is 6.04 Å². The van der Waals surface area contributed by atoms with Crippen LogP contribution in [-0.4, -0.2) is 33.0 Å². The highest BCUT2D eigenvalue weighted by Gasteiger charge is 2.08. The minimum absolute atomic E-state index is 0.160. The second-order valence-corrected chi connectivity index (χ2v) is 4.73. The molecule has 102 valence electrons. The highest BCUT2D eigenvalue weighted by molar-refractivity contribution is 5.34. The Morgan fingerprint density at radius 1 is 1.11 bits per heavy atom. The van der Waals surface area contributed by atoms with E-state index in [1.165, 1.54) is 16.7 Å². The van der Waals surface area contributed by atoms with Crippen molar-refractivity contribution in [2.24, 2.45) is 5.73 Å². The number of hydrogen-bond donors (Lipinski definition) is 1. The van der Waals surface area contributed by atoms with E-state index in [0.717, 1.165) is 12.8 Å². The number of hydrogen-bond acceptors (Lipinski definition) is 3. The molecule has 3 nitrogen and oxygen atoms in total. The Morgan fingerprint density at radius 2 is 1.78 bits per heavy atom. The molecule has 1 aromatic rings. The lowest BCUT2D eigenvalue weighted by molar-refractivity contribution is 0.0672. The van der Waals surface area contributed by atoms with E-state index in [0.29, 0.717) is 19.8 Å². The van der Waals surface area contributed by atoms with Crippen molar-refractivity contribution in [3.8, 4) is 0 Å². The van der Waals surface area contributed by atoms with Gasteiger partial charge >= 0.3 is 0 Å². The number of aryl methyl sites for hydroxylation is 2. The summed E-state index contributed by atoms with van der Waals surface area (Å²) in [5, 5.41) is 0. The largest absolute Gasteiger partial charge is 0.382 e. The summed E-state index contributed by atoms with van der Waals surface area (Å²) in [6.07, 6.45) is 1.81. The first kappa shape index (κ1) is 15.2. The Morgan fingerprint density at radius 3 is 2.39 bits per heavy atom. The SMILES string of the molecule is COCCOCCC(N)Cc1c(C)cccc1C. The highest BCUT2D eigenvalue weighted by atomic mass is 16.5. The number of methoxy groups -OCH3 is 1. The third-order valence-corrected chi connectivity index (χ3v) is 3.18. The predicted molar refractivity (Wildman–Crippen MR) is 74.9 cm³/mol. The van der Waals surface area contributed by atoms with Crippen LogP contribution in [0.1, 0.15) is 23.1 Å². The van der Waals surface area contributed by atoms with E-state index in [1.54, 1.807) is 7.11 Å². The summed E-state index contributed by atoms with van der Waals surface area (Å²) in [4.78, 5) is 0. The smallest absolute Gasteiger partial charge is 0.0700 e. The van der Waals surface area contributed by atoms with Crippen molar-refractivity contribution in [1.29, 1.82) is 0 Å². The quantitative estimate of drug-likeness (QED) is 0.721. The lowest BCUT2D eigenvalue weighted by atomic mass is 9.96. The molecule has 1 unspecified atom stereocenters. The standard InChI is InChI=1S/C15H25NO2/c1-12-5-4-6-13(2)15(12)11-14(16)7-8-18-10-9-17-3/h4-6,14H,7-11,16H2,1-3H3. The molecule has 0 fully saturated rings. The lowest BCUT2D eigenvalue weighted by Crippen LogP contribution is -2.25. The number of nitrogens with two attached hydrogens (primary N) is 1. The van der Waals surface area contributed by atoms with Crippen LogP contribution in [0.2, 0.25) is 0 Å². The Hall–Kier alpha value is -0.900. The van der Waals surface area contributed by atoms with Gasteiger partial charge in [-0.25, -0.2) is 0 Å². The van der Waals surface area contributed by atoms with Crippen LogP contribution in [0.5, 0.6) is 0 Å². The van der Waals surface area contributed by atoms with E-state index < -0.39 is 0 Å². The molecule has 1 atom stereocenters. The fraction of sp³-hybridized carbons (Fsp3) is 0.600. The topological polar surface area (TPSA) is 44.5 Å². The van der Waals surface area contributed by atoms with Crippen LogP contribution in [-0.2, 0) is 15.9 Å². The van der Waals surface area contributed by atoms with E-state index in [1.807, 2.05) is 0 Å². The average molecular weight is 251 g/mol. The fourth-order valence-corrected chi connectivity index (χ4v) is 2.01. The summed E-state index contributed by atoms with van der Waals surface area (Å²) in [5.41, 5.74) is 10.2. The third-order valence-electron chi connectivity index (χ3n) is 3.18. The zero-order chi connectivity index (χ0) is 13.4. The monoisotopic (exact) mass is 251 g/mol. The maximum absolute atomic E-state index is 6.15. The second-order valence-electron chi connectivity index (χ2n) is 4.73. The van der Waals surface area contributed by atoms with Gasteiger partial charge in [-0.15, -0.1) is 0 Å². The van der Waals surface area contributed by atoms with Crippen LogP contribution in [0.25, 0.3) is 0 Å². The highest BCUT2D eigenvalue weighted by Crippen LogP contribution is 2.15. The number of rotatable bonds is 8. The molecular weight excluding hydrogens is 226 g/mol. The van der Waals surface area contributed by atoms with Crippen LogP contribution >= 0.6 is 0 Å². The van der Waals surface area contributed by atoms with Gasteiger partial charge in [0.2, 0.25) is 0 Å². The van der Waals surface area contributed by atoms with Crippen molar-refractivity contribution in [2.45, 2.75) is 32.7 Å². The maximum atomic E-state index is 6.15. The van der Waals surface area contributed by atoms with Gasteiger partial charge in [-0.05, 0) is 43.4 Å². The summed E-state index contributed by atoms with van der Waals surface area (Å²) in [6, 6.07) is 6.54. The van der Waals surface area contributed by atoms with Crippen LogP contribution < -0.4 is 5.73 Å². The van der Waals surface area contributed by atoms with E-state index in [2.05, 4.69) is 32.0 Å². The molecule has 0 spiro atoms. The molecule has 0 saturated carbocycles. The second kappa shape index (κ2) is 8.25. The molecule has 3 heteroatoms. The van der Waals surface area contributed by atoms with Crippen molar-refractivity contribution in [1.82, 2.24) is 0 Å². The molecule has 0 aliphatic rings. The van der Waals surface area contributed by atoms with Crippen molar-refractivity contribution in [3.05, 3.63) is 34.9 Å². The molecule has 18 heavy (non-hydrogen) atoms. The zero-order valence-electron chi connectivity index (χ0n) is 11.7. The van der Waals surface area contributed by atoms with E-state index in [9.17, 15) is 0 Å². The summed E-state index contributed by atoms with van der Waals surface area (Å²) >= 11 is 0. The third kappa shape index (κ3) is 5.17. The summed E-state index contributed by atoms with van der Waals surface area (Å²) in [6.45, 7) is 6.28. The number of benzene rings is 1.